The molecule has 0 spiro atoms. The Labute approximate surface area is 116 Å². The Bertz CT molecular complexity index is 514. The second-order valence-electron chi connectivity index (χ2n) is 6.25. The van der Waals surface area contributed by atoms with Gasteiger partial charge in [0.25, 0.3) is 0 Å². The minimum Gasteiger partial charge on any atom is -0.389 e. The number of allylic oxidation sites excluding steroid dienone is 1. The summed E-state index contributed by atoms with van der Waals surface area (Å²) >= 11 is 0. The maximum atomic E-state index is 10.5. The van der Waals surface area contributed by atoms with Crippen molar-refractivity contribution in [3.8, 4) is 0 Å². The summed E-state index contributed by atoms with van der Waals surface area (Å²) in [4.78, 5) is 0. The van der Waals surface area contributed by atoms with Crippen LogP contribution in [0.4, 0.5) is 0 Å². The summed E-state index contributed by atoms with van der Waals surface area (Å²) < 4.78 is 0. The fourth-order valence-electron chi connectivity index (χ4n) is 3.08. The van der Waals surface area contributed by atoms with Crippen molar-refractivity contribution < 1.29 is 5.11 Å². The average molecular weight is 256 g/mol. The molecule has 0 heterocycles. The summed E-state index contributed by atoms with van der Waals surface area (Å²) in [7, 11) is 0. The van der Waals surface area contributed by atoms with Crippen LogP contribution >= 0.6 is 0 Å². The van der Waals surface area contributed by atoms with E-state index in [9.17, 15) is 5.11 Å². The summed E-state index contributed by atoms with van der Waals surface area (Å²) in [5.74, 6) is 0.0528. The number of hydrogen-bond acceptors (Lipinski definition) is 1. The van der Waals surface area contributed by atoms with Crippen LogP contribution in [-0.2, 0) is 0 Å². The summed E-state index contributed by atoms with van der Waals surface area (Å²) in [5.41, 5.74) is 5.59. The molecular formula is C18H24O. The van der Waals surface area contributed by atoms with Gasteiger partial charge in [-0.05, 0) is 51.7 Å². The van der Waals surface area contributed by atoms with Crippen molar-refractivity contribution in [3.63, 3.8) is 0 Å². The quantitative estimate of drug-likeness (QED) is 0.776. The molecule has 1 nitrogen and oxygen atoms in total. The molecule has 1 aliphatic carbocycles. The van der Waals surface area contributed by atoms with Crippen LogP contribution < -0.4 is 0 Å². The van der Waals surface area contributed by atoms with E-state index in [1.807, 2.05) is 13.8 Å². The van der Waals surface area contributed by atoms with E-state index in [4.69, 9.17) is 0 Å². The van der Waals surface area contributed by atoms with Gasteiger partial charge in [0.1, 0.15) is 0 Å². The van der Waals surface area contributed by atoms with Crippen molar-refractivity contribution in [1.29, 1.82) is 0 Å². The van der Waals surface area contributed by atoms with Gasteiger partial charge in [0, 0.05) is 5.92 Å². The normalized spacial score (nSPS) is 27.0. The minimum atomic E-state index is -0.659. The number of rotatable bonds is 2. The van der Waals surface area contributed by atoms with E-state index < -0.39 is 5.60 Å². The van der Waals surface area contributed by atoms with Crippen LogP contribution in [0.25, 0.3) is 5.57 Å². The molecule has 1 aliphatic rings. The first-order valence-electron chi connectivity index (χ1n) is 6.97. The molecule has 0 unspecified atom stereocenters. The maximum Gasteiger partial charge on any atom is 0.0722 e. The highest BCUT2D eigenvalue weighted by Crippen LogP contribution is 2.39. The van der Waals surface area contributed by atoms with Crippen LogP contribution in [0.5, 0.6) is 0 Å². The molecule has 1 heteroatoms. The van der Waals surface area contributed by atoms with Crippen molar-refractivity contribution in [2.75, 3.05) is 0 Å². The summed E-state index contributed by atoms with van der Waals surface area (Å²) in [6.07, 6.45) is 3.93. The van der Waals surface area contributed by atoms with E-state index >= 15 is 0 Å². The van der Waals surface area contributed by atoms with E-state index in [2.05, 4.69) is 44.7 Å². The van der Waals surface area contributed by atoms with Gasteiger partial charge in [0.05, 0.1) is 5.60 Å². The molecule has 1 aromatic rings. The monoisotopic (exact) mass is 256 g/mol. The predicted molar refractivity (Wildman–Crippen MR) is 82.1 cm³/mol. The lowest BCUT2D eigenvalue weighted by Gasteiger charge is -2.36. The van der Waals surface area contributed by atoms with Crippen LogP contribution in [0.15, 0.2) is 36.4 Å². The molecule has 0 saturated carbocycles. The molecule has 0 saturated heterocycles. The zero-order valence-electron chi connectivity index (χ0n) is 12.5. The summed E-state index contributed by atoms with van der Waals surface area (Å²) in [6.45, 7) is 12.2. The van der Waals surface area contributed by atoms with E-state index in [0.29, 0.717) is 0 Å². The molecular weight excluding hydrogens is 232 g/mol. The Hall–Kier alpha value is -1.34. The van der Waals surface area contributed by atoms with E-state index in [0.717, 1.165) is 18.4 Å². The van der Waals surface area contributed by atoms with Crippen molar-refractivity contribution in [2.45, 2.75) is 46.1 Å². The van der Waals surface area contributed by atoms with Gasteiger partial charge in [-0.15, -0.1) is 0 Å². The molecule has 1 aromatic carbocycles. The van der Waals surface area contributed by atoms with Crippen molar-refractivity contribution in [3.05, 3.63) is 53.1 Å². The van der Waals surface area contributed by atoms with Crippen molar-refractivity contribution >= 4 is 5.57 Å². The maximum absolute atomic E-state index is 10.5. The van der Waals surface area contributed by atoms with Crippen LogP contribution in [0.3, 0.4) is 0 Å². The highest BCUT2D eigenvalue weighted by molar-refractivity contribution is 5.68. The fourth-order valence-corrected chi connectivity index (χ4v) is 3.08. The molecule has 0 radical (unpaired) electrons. The molecule has 2 rings (SSSR count). The third-order valence-corrected chi connectivity index (χ3v) is 4.06. The Balaban J connectivity index is 2.43. The summed E-state index contributed by atoms with van der Waals surface area (Å²) in [6, 6.07) is 6.65. The van der Waals surface area contributed by atoms with Crippen LogP contribution in [0.1, 0.15) is 43.4 Å². The molecule has 2 atom stereocenters. The zero-order valence-corrected chi connectivity index (χ0v) is 12.5. The Morgan fingerprint density at radius 1 is 1.26 bits per heavy atom. The topological polar surface area (TPSA) is 20.2 Å². The molecule has 0 aliphatic heterocycles. The lowest BCUT2D eigenvalue weighted by molar-refractivity contribution is 0.0200. The highest BCUT2D eigenvalue weighted by atomic mass is 16.3. The molecule has 0 amide bonds. The van der Waals surface area contributed by atoms with Gasteiger partial charge in [-0.1, -0.05) is 47.6 Å². The smallest absolute Gasteiger partial charge is 0.0722 e. The SMILES string of the molecule is C=C(C)[C@H]1C=C(c2cc(C)cc(C)c2)CC[C@]1(C)O. The summed E-state index contributed by atoms with van der Waals surface area (Å²) in [5, 5.41) is 10.5. The van der Waals surface area contributed by atoms with Crippen LogP contribution in [0, 0.1) is 19.8 Å². The standard InChI is InChI=1S/C18H24O/c1-12(2)17-11-15(6-7-18(17,5)19)16-9-13(3)8-14(4)10-16/h8-11,17,19H,1,6-7H2,2-5H3/t17-,18+/m1/s1. The lowest BCUT2D eigenvalue weighted by atomic mass is 9.74. The zero-order chi connectivity index (χ0) is 14.2. The first kappa shape index (κ1) is 14.1. The van der Waals surface area contributed by atoms with E-state index in [-0.39, 0.29) is 5.92 Å². The van der Waals surface area contributed by atoms with Gasteiger partial charge in [0.15, 0.2) is 0 Å². The molecule has 1 N–H and O–H groups in total. The van der Waals surface area contributed by atoms with Gasteiger partial charge >= 0.3 is 0 Å². The Morgan fingerprint density at radius 3 is 2.37 bits per heavy atom. The second-order valence-corrected chi connectivity index (χ2v) is 6.25. The number of aliphatic hydroxyl groups is 1. The van der Waals surface area contributed by atoms with Gasteiger partial charge in [-0.25, -0.2) is 0 Å². The Kier molecular flexibility index (Phi) is 3.69. The molecule has 0 fully saturated rings. The Morgan fingerprint density at radius 2 is 1.84 bits per heavy atom. The van der Waals surface area contributed by atoms with Crippen LogP contribution in [-0.4, -0.2) is 10.7 Å². The lowest BCUT2D eigenvalue weighted by Crippen LogP contribution is -2.36. The number of hydrogen-bond donors (Lipinski definition) is 1. The van der Waals surface area contributed by atoms with Gasteiger partial charge in [-0.3, -0.25) is 0 Å². The fraction of sp³-hybridized carbons (Fsp3) is 0.444. The second kappa shape index (κ2) is 4.97. The first-order valence-corrected chi connectivity index (χ1v) is 6.97. The van der Waals surface area contributed by atoms with Crippen molar-refractivity contribution in [1.82, 2.24) is 0 Å². The van der Waals surface area contributed by atoms with Gasteiger partial charge in [-0.2, -0.15) is 0 Å². The van der Waals surface area contributed by atoms with E-state index in [1.165, 1.54) is 22.3 Å². The van der Waals surface area contributed by atoms with Gasteiger partial charge < -0.3 is 5.11 Å². The molecule has 0 bridgehead atoms. The van der Waals surface area contributed by atoms with Crippen LogP contribution in [0.2, 0.25) is 0 Å². The number of aryl methyl sites for hydroxylation is 2. The average Bonchev–Trinajstić information content (AvgIpc) is 2.26. The first-order chi connectivity index (χ1) is 8.79. The highest BCUT2D eigenvalue weighted by Gasteiger charge is 2.34. The predicted octanol–water partition coefficient (Wildman–Crippen LogP) is 4.42. The molecule has 0 aromatic heterocycles. The van der Waals surface area contributed by atoms with Gasteiger partial charge in [0.2, 0.25) is 0 Å². The van der Waals surface area contributed by atoms with E-state index in [1.54, 1.807) is 0 Å². The third kappa shape index (κ3) is 2.98. The molecule has 19 heavy (non-hydrogen) atoms. The largest absolute Gasteiger partial charge is 0.389 e. The third-order valence-electron chi connectivity index (χ3n) is 4.06. The number of benzene rings is 1. The van der Waals surface area contributed by atoms with Crippen molar-refractivity contribution in [2.24, 2.45) is 5.92 Å². The minimum absolute atomic E-state index is 0.0528. The molecule has 102 valence electrons.